The Hall–Kier alpha value is -1.56. The van der Waals surface area contributed by atoms with Crippen molar-refractivity contribution >= 4 is 29.0 Å². The quantitative estimate of drug-likeness (QED) is 0.868. The van der Waals surface area contributed by atoms with Crippen molar-refractivity contribution in [2.45, 2.75) is 12.5 Å². The molecule has 3 rings (SSSR count). The predicted molar refractivity (Wildman–Crippen MR) is 86.8 cm³/mol. The number of phenols is 1. The molecule has 2 aromatic rings. The Bertz CT molecular complexity index is 696. The second kappa shape index (κ2) is 6.28. The Balaban J connectivity index is 1.96. The second-order valence-corrected chi connectivity index (χ2v) is 5.91. The van der Waals surface area contributed by atoms with Crippen molar-refractivity contribution < 1.29 is 9.84 Å². The molecule has 0 bridgehead atoms. The van der Waals surface area contributed by atoms with E-state index in [0.717, 1.165) is 25.3 Å². The fourth-order valence-corrected chi connectivity index (χ4v) is 2.90. The molecule has 1 atom stereocenters. The van der Waals surface area contributed by atoms with Crippen LogP contribution in [0, 0.1) is 0 Å². The van der Waals surface area contributed by atoms with Gasteiger partial charge in [-0.2, -0.15) is 0 Å². The van der Waals surface area contributed by atoms with Crippen molar-refractivity contribution in [1.82, 2.24) is 9.97 Å². The standard InChI is InChI=1S/C15H15Cl2N3O2/c1-22-10-4-5-20(8-10)14-7-12(18-15(17)19-14)11-3-2-9(16)6-13(11)21/h2-3,6-7,10,21H,4-5,8H2,1H3/t10-/m0/s1. The first-order chi connectivity index (χ1) is 10.6. The lowest BCUT2D eigenvalue weighted by Gasteiger charge is -2.18. The summed E-state index contributed by atoms with van der Waals surface area (Å²) in [7, 11) is 1.71. The number of phenolic OH excluding ortho intramolecular Hbond substituents is 1. The number of nitrogens with zero attached hydrogens (tertiary/aromatic N) is 3. The van der Waals surface area contributed by atoms with Gasteiger partial charge in [0.2, 0.25) is 5.28 Å². The number of benzene rings is 1. The van der Waals surface area contributed by atoms with Gasteiger partial charge >= 0.3 is 0 Å². The highest BCUT2D eigenvalue weighted by Gasteiger charge is 2.24. The van der Waals surface area contributed by atoms with Crippen LogP contribution in [0.1, 0.15) is 6.42 Å². The van der Waals surface area contributed by atoms with E-state index in [1.165, 1.54) is 6.07 Å². The average molecular weight is 340 g/mol. The maximum Gasteiger partial charge on any atom is 0.224 e. The van der Waals surface area contributed by atoms with Gasteiger partial charge in [0.05, 0.1) is 11.8 Å². The average Bonchev–Trinajstić information content (AvgIpc) is 2.95. The van der Waals surface area contributed by atoms with Crippen molar-refractivity contribution in [3.8, 4) is 17.0 Å². The number of anilines is 1. The Morgan fingerprint density at radius 2 is 2.09 bits per heavy atom. The summed E-state index contributed by atoms with van der Waals surface area (Å²) in [6, 6.07) is 6.70. The molecule has 1 aromatic carbocycles. The van der Waals surface area contributed by atoms with Crippen LogP contribution >= 0.6 is 23.2 Å². The molecule has 2 heterocycles. The maximum absolute atomic E-state index is 10.1. The van der Waals surface area contributed by atoms with Crippen LogP contribution in [0.2, 0.25) is 10.3 Å². The largest absolute Gasteiger partial charge is 0.507 e. The van der Waals surface area contributed by atoms with Crippen LogP contribution in [-0.2, 0) is 4.74 Å². The summed E-state index contributed by atoms with van der Waals surface area (Å²) in [5.74, 6) is 0.785. The third-order valence-corrected chi connectivity index (χ3v) is 4.13. The van der Waals surface area contributed by atoms with E-state index in [1.807, 2.05) is 6.07 Å². The smallest absolute Gasteiger partial charge is 0.224 e. The third kappa shape index (κ3) is 3.11. The maximum atomic E-state index is 10.1. The van der Waals surface area contributed by atoms with Gasteiger partial charge in [-0.05, 0) is 36.2 Å². The number of hydrogen-bond donors (Lipinski definition) is 1. The van der Waals surface area contributed by atoms with E-state index in [-0.39, 0.29) is 17.1 Å². The van der Waals surface area contributed by atoms with E-state index >= 15 is 0 Å². The van der Waals surface area contributed by atoms with Crippen molar-refractivity contribution in [2.24, 2.45) is 0 Å². The molecule has 0 unspecified atom stereocenters. The monoisotopic (exact) mass is 339 g/mol. The van der Waals surface area contributed by atoms with Crippen molar-refractivity contribution in [1.29, 1.82) is 0 Å². The number of halogens is 2. The first kappa shape index (κ1) is 15.3. The van der Waals surface area contributed by atoms with E-state index in [2.05, 4.69) is 14.9 Å². The van der Waals surface area contributed by atoms with Crippen LogP contribution in [0.25, 0.3) is 11.3 Å². The van der Waals surface area contributed by atoms with Gasteiger partial charge in [-0.1, -0.05) is 11.6 Å². The molecule has 116 valence electrons. The second-order valence-electron chi connectivity index (χ2n) is 5.13. The van der Waals surface area contributed by atoms with Gasteiger partial charge in [0.1, 0.15) is 11.6 Å². The van der Waals surface area contributed by atoms with Gasteiger partial charge in [0.25, 0.3) is 0 Å². The van der Waals surface area contributed by atoms with Gasteiger partial charge in [0.15, 0.2) is 0 Å². The summed E-state index contributed by atoms with van der Waals surface area (Å²) in [6.45, 7) is 1.60. The van der Waals surface area contributed by atoms with Crippen LogP contribution in [0.3, 0.4) is 0 Å². The van der Waals surface area contributed by atoms with E-state index in [9.17, 15) is 5.11 Å². The first-order valence-electron chi connectivity index (χ1n) is 6.88. The molecule has 7 heteroatoms. The molecule has 0 saturated carbocycles. The van der Waals surface area contributed by atoms with E-state index < -0.39 is 0 Å². The Kier molecular flexibility index (Phi) is 4.38. The molecular weight excluding hydrogens is 325 g/mol. The van der Waals surface area contributed by atoms with Crippen molar-refractivity contribution in [2.75, 3.05) is 25.1 Å². The Morgan fingerprint density at radius 1 is 1.27 bits per heavy atom. The van der Waals surface area contributed by atoms with Gasteiger partial charge < -0.3 is 14.7 Å². The van der Waals surface area contributed by atoms with E-state index in [1.54, 1.807) is 19.2 Å². The van der Waals surface area contributed by atoms with Gasteiger partial charge in [-0.15, -0.1) is 0 Å². The summed E-state index contributed by atoms with van der Waals surface area (Å²) in [6.07, 6.45) is 1.14. The highest BCUT2D eigenvalue weighted by molar-refractivity contribution is 6.30. The number of ether oxygens (including phenoxy) is 1. The predicted octanol–water partition coefficient (Wildman–Crippen LogP) is 3.38. The number of hydrogen-bond acceptors (Lipinski definition) is 5. The normalized spacial score (nSPS) is 18.0. The van der Waals surface area contributed by atoms with Gasteiger partial charge in [-0.25, -0.2) is 9.97 Å². The van der Waals surface area contributed by atoms with Crippen LogP contribution in [0.4, 0.5) is 5.82 Å². The minimum absolute atomic E-state index is 0.0596. The van der Waals surface area contributed by atoms with Crippen molar-refractivity contribution in [3.05, 3.63) is 34.6 Å². The lowest BCUT2D eigenvalue weighted by Crippen LogP contribution is -2.23. The van der Waals surface area contributed by atoms with Crippen LogP contribution in [0.15, 0.2) is 24.3 Å². The molecule has 0 radical (unpaired) electrons. The highest BCUT2D eigenvalue weighted by atomic mass is 35.5. The lowest BCUT2D eigenvalue weighted by atomic mass is 10.1. The zero-order chi connectivity index (χ0) is 15.7. The number of aromatic hydroxyl groups is 1. The van der Waals surface area contributed by atoms with Crippen molar-refractivity contribution in [3.63, 3.8) is 0 Å². The summed E-state index contributed by atoms with van der Waals surface area (Å²) in [5, 5.41) is 10.7. The summed E-state index contributed by atoms with van der Waals surface area (Å²) in [5.41, 5.74) is 1.13. The molecule has 1 aliphatic rings. The molecule has 0 aliphatic carbocycles. The molecule has 1 N–H and O–H groups in total. The molecular formula is C15H15Cl2N3O2. The molecule has 1 fully saturated rings. The molecule has 0 spiro atoms. The minimum atomic E-state index is 0.0596. The first-order valence-corrected chi connectivity index (χ1v) is 7.63. The molecule has 0 amide bonds. The van der Waals surface area contributed by atoms with Crippen LogP contribution < -0.4 is 4.90 Å². The Labute approximate surface area is 138 Å². The fraction of sp³-hybridized carbons (Fsp3) is 0.333. The van der Waals surface area contributed by atoms with Crippen LogP contribution in [0.5, 0.6) is 5.75 Å². The summed E-state index contributed by atoms with van der Waals surface area (Å²) >= 11 is 11.9. The summed E-state index contributed by atoms with van der Waals surface area (Å²) in [4.78, 5) is 10.6. The third-order valence-electron chi connectivity index (χ3n) is 3.72. The van der Waals surface area contributed by atoms with E-state index in [0.29, 0.717) is 16.3 Å². The zero-order valence-corrected chi connectivity index (χ0v) is 13.5. The topological polar surface area (TPSA) is 58.5 Å². The molecule has 22 heavy (non-hydrogen) atoms. The molecule has 5 nitrogen and oxygen atoms in total. The Morgan fingerprint density at radius 3 is 2.77 bits per heavy atom. The van der Waals surface area contributed by atoms with Gasteiger partial charge in [0, 0.05) is 36.9 Å². The SMILES string of the molecule is CO[C@H]1CCN(c2cc(-c3ccc(Cl)cc3O)nc(Cl)n2)C1. The zero-order valence-electron chi connectivity index (χ0n) is 12.0. The highest BCUT2D eigenvalue weighted by Crippen LogP contribution is 2.33. The number of rotatable bonds is 3. The number of methoxy groups -OCH3 is 1. The molecule has 1 aromatic heterocycles. The van der Waals surface area contributed by atoms with E-state index in [4.69, 9.17) is 27.9 Å². The number of aromatic nitrogens is 2. The minimum Gasteiger partial charge on any atom is -0.507 e. The summed E-state index contributed by atoms with van der Waals surface area (Å²) < 4.78 is 5.37. The fourth-order valence-electron chi connectivity index (χ4n) is 2.56. The molecule has 1 saturated heterocycles. The van der Waals surface area contributed by atoms with Gasteiger partial charge in [-0.3, -0.25) is 0 Å². The van der Waals surface area contributed by atoms with Crippen LogP contribution in [-0.4, -0.2) is 41.4 Å². The lowest BCUT2D eigenvalue weighted by molar-refractivity contribution is 0.121. The molecule has 1 aliphatic heterocycles.